The number of benzene rings is 2. The minimum atomic E-state index is -3.81. The molecule has 1 unspecified atom stereocenters. The van der Waals surface area contributed by atoms with E-state index in [2.05, 4.69) is 29.9 Å². The Kier molecular flexibility index (Phi) is 9.42. The number of anilines is 1. The Morgan fingerprint density at radius 2 is 1.95 bits per heavy atom. The van der Waals surface area contributed by atoms with Gasteiger partial charge in [-0.3, -0.25) is 9.69 Å². The summed E-state index contributed by atoms with van der Waals surface area (Å²) in [5.41, 5.74) is 2.06. The molecule has 0 spiro atoms. The molecule has 2 aromatic carbocycles. The first-order valence-electron chi connectivity index (χ1n) is 13.6. The fourth-order valence-corrected chi connectivity index (χ4v) is 6.25. The number of ether oxygens (including phenoxy) is 3. The third kappa shape index (κ3) is 6.58. The van der Waals surface area contributed by atoms with E-state index >= 15 is 0 Å². The number of carbonyl (C=O) groups excluding carboxylic acids is 1. The third-order valence-electron chi connectivity index (χ3n) is 7.38. The molecule has 2 aromatic heterocycles. The highest BCUT2D eigenvalue weighted by Crippen LogP contribution is 2.41. The lowest BCUT2D eigenvalue weighted by molar-refractivity contribution is -0.116. The number of fused-ring (bicyclic) bond motifs is 2. The zero-order valence-electron chi connectivity index (χ0n) is 23.4. The molecule has 0 saturated carbocycles. The highest BCUT2D eigenvalue weighted by molar-refractivity contribution is 7.89. The molecule has 2 aliphatic heterocycles. The van der Waals surface area contributed by atoms with Gasteiger partial charge in [0.15, 0.2) is 11.5 Å². The molecule has 15 heteroatoms. The van der Waals surface area contributed by atoms with Gasteiger partial charge in [0.25, 0.3) is 0 Å². The van der Waals surface area contributed by atoms with Crippen LogP contribution < -0.4 is 19.5 Å². The summed E-state index contributed by atoms with van der Waals surface area (Å²) < 4.78 is 47.9. The number of hydrogen-bond donors (Lipinski definition) is 2. The van der Waals surface area contributed by atoms with Gasteiger partial charge in [-0.2, -0.15) is 0 Å². The van der Waals surface area contributed by atoms with Gasteiger partial charge < -0.3 is 24.1 Å². The van der Waals surface area contributed by atoms with Gasteiger partial charge in [-0.15, -0.1) is 12.4 Å². The molecule has 0 bridgehead atoms. The second-order valence-corrected chi connectivity index (χ2v) is 11.7. The fourth-order valence-electron chi connectivity index (χ4n) is 5.19. The summed E-state index contributed by atoms with van der Waals surface area (Å²) in [6.07, 6.45) is 6.65. The van der Waals surface area contributed by atoms with E-state index in [9.17, 15) is 13.2 Å². The van der Waals surface area contributed by atoms with Crippen LogP contribution in [0.15, 0.2) is 60.3 Å². The Bertz CT molecular complexity index is 1700. The van der Waals surface area contributed by atoms with Crippen LogP contribution >= 0.6 is 12.4 Å². The van der Waals surface area contributed by atoms with Gasteiger partial charge in [-0.05, 0) is 29.8 Å². The van der Waals surface area contributed by atoms with Crippen LogP contribution in [0.25, 0.3) is 10.9 Å². The van der Waals surface area contributed by atoms with Crippen molar-refractivity contribution in [3.8, 4) is 11.5 Å². The second-order valence-electron chi connectivity index (χ2n) is 9.95. The molecule has 2 N–H and O–H groups in total. The first kappa shape index (κ1) is 30.6. The lowest BCUT2D eigenvalue weighted by Gasteiger charge is -2.26. The Hall–Kier alpha value is -3.82. The van der Waals surface area contributed by atoms with Gasteiger partial charge >= 0.3 is 0 Å². The van der Waals surface area contributed by atoms with Crippen LogP contribution in [0.4, 0.5) is 5.69 Å². The van der Waals surface area contributed by atoms with E-state index in [1.54, 1.807) is 30.7 Å². The zero-order valence-corrected chi connectivity index (χ0v) is 25.1. The molecule has 4 aromatic rings. The van der Waals surface area contributed by atoms with Gasteiger partial charge in [0.2, 0.25) is 15.9 Å². The minimum absolute atomic E-state index is 0. The standard InChI is InChI=1S/C28H31N7O6S.ClH/c1-39-24-15-21-23(16-25(24)41-13-10-35-6-4-29-18-35)30-17-31-27(21)26-20-14-19(2-3-22(20)33-28(26)36)42(37,38)32-5-7-34-8-11-40-12-9-34;/h2-4,6,14-18,26,32H,5,7-13H2,1H3,(H,33,36);1H. The van der Waals surface area contributed by atoms with Crippen molar-refractivity contribution >= 4 is 44.9 Å². The average Bonchev–Trinajstić information content (AvgIpc) is 3.63. The fraction of sp³-hybridized carbons (Fsp3) is 0.357. The van der Waals surface area contributed by atoms with Gasteiger partial charge in [-0.1, -0.05) is 0 Å². The largest absolute Gasteiger partial charge is 0.493 e. The number of nitrogens with zero attached hydrogens (tertiary/aromatic N) is 5. The SMILES string of the molecule is COc1cc2c(C3C(=O)Nc4ccc(S(=O)(=O)NCCN5CCOCC5)cc43)ncnc2cc1OCCn1ccnc1.Cl. The molecule has 43 heavy (non-hydrogen) atoms. The number of amides is 1. The van der Waals surface area contributed by atoms with E-state index in [1.165, 1.54) is 25.6 Å². The topological polar surface area (TPSA) is 150 Å². The zero-order chi connectivity index (χ0) is 29.1. The number of methoxy groups -OCH3 is 1. The lowest BCUT2D eigenvalue weighted by atomic mass is 9.94. The number of nitrogens with one attached hydrogen (secondary N) is 2. The number of rotatable bonds is 11. The Morgan fingerprint density at radius 3 is 2.72 bits per heavy atom. The molecule has 2 aliphatic rings. The summed E-state index contributed by atoms with van der Waals surface area (Å²) >= 11 is 0. The maximum atomic E-state index is 13.2. The van der Waals surface area contributed by atoms with E-state index in [1.807, 2.05) is 10.8 Å². The van der Waals surface area contributed by atoms with Crippen molar-refractivity contribution in [2.45, 2.75) is 17.4 Å². The molecule has 1 amide bonds. The highest BCUT2D eigenvalue weighted by Gasteiger charge is 2.36. The number of hydrogen-bond acceptors (Lipinski definition) is 10. The van der Waals surface area contributed by atoms with Crippen molar-refractivity contribution in [3.63, 3.8) is 0 Å². The third-order valence-corrected chi connectivity index (χ3v) is 8.84. The summed E-state index contributed by atoms with van der Waals surface area (Å²) in [4.78, 5) is 28.4. The van der Waals surface area contributed by atoms with Crippen LogP contribution in [0.3, 0.4) is 0 Å². The van der Waals surface area contributed by atoms with E-state index in [0.717, 1.165) is 13.1 Å². The summed E-state index contributed by atoms with van der Waals surface area (Å²) in [5, 5.41) is 3.46. The van der Waals surface area contributed by atoms with Crippen molar-refractivity contribution in [1.29, 1.82) is 0 Å². The van der Waals surface area contributed by atoms with Crippen LogP contribution in [0.5, 0.6) is 11.5 Å². The van der Waals surface area contributed by atoms with E-state index in [-0.39, 0.29) is 29.8 Å². The molecule has 1 atom stereocenters. The van der Waals surface area contributed by atoms with Crippen molar-refractivity contribution in [2.75, 3.05) is 58.4 Å². The number of halogens is 1. The number of aromatic nitrogens is 4. The Morgan fingerprint density at radius 1 is 1.12 bits per heavy atom. The molecular formula is C28H32ClN7O6S. The van der Waals surface area contributed by atoms with Crippen LogP contribution in [0, 0.1) is 0 Å². The van der Waals surface area contributed by atoms with Crippen molar-refractivity contribution in [2.24, 2.45) is 0 Å². The number of carbonyl (C=O) groups is 1. The molecule has 13 nitrogen and oxygen atoms in total. The van der Waals surface area contributed by atoms with Gasteiger partial charge in [0.1, 0.15) is 18.9 Å². The monoisotopic (exact) mass is 629 g/mol. The van der Waals surface area contributed by atoms with E-state index in [4.69, 9.17) is 14.2 Å². The number of sulfonamides is 1. The maximum absolute atomic E-state index is 13.2. The predicted molar refractivity (Wildman–Crippen MR) is 160 cm³/mol. The van der Waals surface area contributed by atoms with Crippen molar-refractivity contribution in [3.05, 3.63) is 66.6 Å². The number of morpholine rings is 1. The lowest BCUT2D eigenvalue weighted by Crippen LogP contribution is -2.41. The molecule has 1 saturated heterocycles. The molecule has 0 aliphatic carbocycles. The quantitative estimate of drug-likeness (QED) is 0.252. The highest BCUT2D eigenvalue weighted by atomic mass is 35.5. The van der Waals surface area contributed by atoms with Crippen LogP contribution in [-0.4, -0.2) is 91.9 Å². The maximum Gasteiger partial charge on any atom is 0.240 e. The number of imidazole rings is 1. The summed E-state index contributed by atoms with van der Waals surface area (Å²) in [5.74, 6) is -0.183. The first-order chi connectivity index (χ1) is 20.4. The first-order valence-corrected chi connectivity index (χ1v) is 15.1. The molecule has 1 fully saturated rings. The molecule has 6 rings (SSSR count). The Labute approximate surface area is 255 Å². The molecule has 4 heterocycles. The summed E-state index contributed by atoms with van der Waals surface area (Å²) in [6, 6.07) is 8.14. The smallest absolute Gasteiger partial charge is 0.240 e. The van der Waals surface area contributed by atoms with Gasteiger partial charge in [0, 0.05) is 55.7 Å². The normalized spacial score (nSPS) is 16.9. The Balaban J connectivity index is 0.00000368. The molecule has 228 valence electrons. The van der Waals surface area contributed by atoms with Gasteiger partial charge in [-0.25, -0.2) is 28.1 Å². The predicted octanol–water partition coefficient (Wildman–Crippen LogP) is 2.03. The van der Waals surface area contributed by atoms with E-state index in [0.29, 0.717) is 72.3 Å². The van der Waals surface area contributed by atoms with Crippen LogP contribution in [0.1, 0.15) is 17.2 Å². The molecule has 0 radical (unpaired) electrons. The van der Waals surface area contributed by atoms with Crippen LogP contribution in [0.2, 0.25) is 0 Å². The van der Waals surface area contributed by atoms with Crippen molar-refractivity contribution < 1.29 is 27.4 Å². The summed E-state index contributed by atoms with van der Waals surface area (Å²) in [6.45, 7) is 4.66. The summed E-state index contributed by atoms with van der Waals surface area (Å²) in [7, 11) is -2.28. The van der Waals surface area contributed by atoms with Crippen molar-refractivity contribution in [1.82, 2.24) is 29.1 Å². The second kappa shape index (κ2) is 13.2. The minimum Gasteiger partial charge on any atom is -0.493 e. The average molecular weight is 630 g/mol. The van der Waals surface area contributed by atoms with Gasteiger partial charge in [0.05, 0.1) is 49.3 Å². The van der Waals surface area contributed by atoms with Crippen LogP contribution in [-0.2, 0) is 26.1 Å². The molecular weight excluding hydrogens is 598 g/mol. The van der Waals surface area contributed by atoms with E-state index < -0.39 is 15.9 Å².